The van der Waals surface area contributed by atoms with Crippen LogP contribution in [0.15, 0.2) is 42.5 Å². The fourth-order valence-electron chi connectivity index (χ4n) is 2.82. The fourth-order valence-corrected chi connectivity index (χ4v) is 2.82. The van der Waals surface area contributed by atoms with Crippen LogP contribution >= 0.6 is 0 Å². The number of nitrogens with one attached hydrogen (secondary N) is 1. The number of benzene rings is 2. The molecule has 162 valence electrons. The van der Waals surface area contributed by atoms with Gasteiger partial charge in [0.2, 0.25) is 0 Å². The van der Waals surface area contributed by atoms with E-state index in [4.69, 9.17) is 19.7 Å². The van der Waals surface area contributed by atoms with Crippen molar-refractivity contribution < 1.29 is 37.7 Å². The van der Waals surface area contributed by atoms with Crippen molar-refractivity contribution in [1.29, 1.82) is 0 Å². The van der Waals surface area contributed by atoms with Gasteiger partial charge in [0, 0.05) is 13.0 Å². The Kier molecular flexibility index (Phi) is 7.51. The lowest BCUT2D eigenvalue weighted by molar-refractivity contribution is -0.192. The largest absolute Gasteiger partial charge is 0.491 e. The van der Waals surface area contributed by atoms with Gasteiger partial charge in [0.05, 0.1) is 23.7 Å². The third-order valence-electron chi connectivity index (χ3n) is 4.10. The molecule has 0 aliphatic carbocycles. The third kappa shape index (κ3) is 5.79. The molecule has 0 unspecified atom stereocenters. The molecule has 3 rings (SSSR count). The highest BCUT2D eigenvalue weighted by molar-refractivity contribution is 5.94. The van der Waals surface area contributed by atoms with Crippen LogP contribution < -0.4 is 15.0 Å². The molecule has 0 saturated heterocycles. The molecule has 0 aromatic heterocycles. The summed E-state index contributed by atoms with van der Waals surface area (Å²) in [6, 6.07) is 14.1. The summed E-state index contributed by atoms with van der Waals surface area (Å²) in [5, 5.41) is 19.3. The van der Waals surface area contributed by atoms with Gasteiger partial charge in [0.1, 0.15) is 11.4 Å². The van der Waals surface area contributed by atoms with Crippen molar-refractivity contribution in [2.75, 3.05) is 23.4 Å². The van der Waals surface area contributed by atoms with Crippen molar-refractivity contribution in [3.8, 4) is 5.75 Å². The van der Waals surface area contributed by atoms with Gasteiger partial charge in [-0.15, -0.1) is 0 Å². The van der Waals surface area contributed by atoms with E-state index >= 15 is 0 Å². The molecule has 3 N–H and O–H groups in total. The first kappa shape index (κ1) is 22.9. The van der Waals surface area contributed by atoms with E-state index in [1.165, 1.54) is 0 Å². The molecule has 1 aliphatic rings. The average molecular weight is 426 g/mol. The predicted molar refractivity (Wildman–Crippen MR) is 105 cm³/mol. The van der Waals surface area contributed by atoms with Gasteiger partial charge in [-0.25, -0.2) is 4.79 Å². The molecule has 0 spiro atoms. The summed E-state index contributed by atoms with van der Waals surface area (Å²) in [5.74, 6) is -2.80. The zero-order valence-corrected chi connectivity index (χ0v) is 16.1. The molecular formula is C20H21F3N2O5. The summed E-state index contributed by atoms with van der Waals surface area (Å²) >= 11 is 0. The van der Waals surface area contributed by atoms with Gasteiger partial charge in [-0.1, -0.05) is 18.2 Å². The molecule has 1 aliphatic heterocycles. The normalized spacial score (nSPS) is 11.9. The molecule has 7 nitrogen and oxygen atoms in total. The molecule has 30 heavy (non-hydrogen) atoms. The number of anilines is 4. The number of hydrogen-bond donors (Lipinski definition) is 3. The Bertz CT molecular complexity index is 902. The van der Waals surface area contributed by atoms with Crippen LogP contribution in [0.3, 0.4) is 0 Å². The summed E-state index contributed by atoms with van der Waals surface area (Å²) < 4.78 is 37.5. The summed E-state index contributed by atoms with van der Waals surface area (Å²) in [6.45, 7) is 3.36. The number of carboxylic acids is 2. The minimum absolute atomic E-state index is 0.117. The summed E-state index contributed by atoms with van der Waals surface area (Å²) in [4.78, 5) is 21.7. The molecule has 0 amide bonds. The first-order valence-electron chi connectivity index (χ1n) is 9.06. The third-order valence-corrected chi connectivity index (χ3v) is 4.10. The maximum absolute atomic E-state index is 10.6. The molecule has 10 heteroatoms. The summed E-state index contributed by atoms with van der Waals surface area (Å²) in [7, 11) is 0. The second-order valence-corrected chi connectivity index (χ2v) is 6.19. The van der Waals surface area contributed by atoms with E-state index in [0.29, 0.717) is 13.0 Å². The lowest BCUT2D eigenvalue weighted by Crippen LogP contribution is -2.22. The Morgan fingerprint density at radius 3 is 2.30 bits per heavy atom. The van der Waals surface area contributed by atoms with Crippen molar-refractivity contribution >= 4 is 34.7 Å². The Morgan fingerprint density at radius 1 is 1.07 bits per heavy atom. The Balaban J connectivity index is 0.000000396. The maximum Gasteiger partial charge on any atom is 0.490 e. The van der Waals surface area contributed by atoms with Crippen LogP contribution in [-0.2, 0) is 9.59 Å². The minimum atomic E-state index is -5.08. The topological polar surface area (TPSA) is 99.1 Å². The van der Waals surface area contributed by atoms with E-state index in [1.54, 1.807) is 0 Å². The van der Waals surface area contributed by atoms with E-state index in [2.05, 4.69) is 29.3 Å². The number of nitrogens with zero attached hydrogens (tertiary/aromatic N) is 1. The monoisotopic (exact) mass is 426 g/mol. The number of para-hydroxylation sites is 3. The number of hydrogen-bond acceptors (Lipinski definition) is 5. The Labute approximate surface area is 170 Å². The van der Waals surface area contributed by atoms with Crippen molar-refractivity contribution in [1.82, 2.24) is 0 Å². The first-order valence-corrected chi connectivity index (χ1v) is 9.06. The van der Waals surface area contributed by atoms with Crippen molar-refractivity contribution in [2.24, 2.45) is 0 Å². The number of carboxylic acid groups (broad SMARTS) is 2. The lowest BCUT2D eigenvalue weighted by Gasteiger charge is -2.33. The number of carbonyl (C=O) groups is 2. The van der Waals surface area contributed by atoms with Gasteiger partial charge < -0.3 is 25.2 Å². The van der Waals surface area contributed by atoms with Gasteiger partial charge in [-0.3, -0.25) is 4.79 Å². The van der Waals surface area contributed by atoms with Crippen molar-refractivity contribution in [3.05, 3.63) is 42.5 Å². The molecule has 0 atom stereocenters. The first-order chi connectivity index (χ1) is 14.1. The van der Waals surface area contributed by atoms with Crippen LogP contribution in [0.2, 0.25) is 0 Å². The summed E-state index contributed by atoms with van der Waals surface area (Å²) in [5.41, 5.74) is 4.19. The molecule has 0 fully saturated rings. The number of ether oxygens (including phenoxy) is 1. The standard InChI is InChI=1S/C18H20N2O3.C2HF3O2/c1-2-20-14-8-4-3-7-13(14)19-18-15(20)9-5-10-16(18)23-12-6-11-17(21)22;3-2(4,5)1(6)7/h3-5,7-10,19H,2,6,11-12H2,1H3,(H,21,22);(H,6,7). The quantitative estimate of drug-likeness (QED) is 0.572. The zero-order valence-electron chi connectivity index (χ0n) is 16.1. The van der Waals surface area contributed by atoms with Crippen LogP contribution in [0.25, 0.3) is 0 Å². The van der Waals surface area contributed by atoms with E-state index in [9.17, 15) is 18.0 Å². The van der Waals surface area contributed by atoms with E-state index in [-0.39, 0.29) is 6.42 Å². The highest BCUT2D eigenvalue weighted by atomic mass is 19.4. The molecule has 2 aromatic rings. The fraction of sp³-hybridized carbons (Fsp3) is 0.300. The van der Waals surface area contributed by atoms with E-state index in [1.807, 2.05) is 30.3 Å². The van der Waals surface area contributed by atoms with Gasteiger partial charge in [0.25, 0.3) is 0 Å². The number of alkyl halides is 3. The van der Waals surface area contributed by atoms with Crippen LogP contribution in [-0.4, -0.2) is 41.5 Å². The van der Waals surface area contributed by atoms with Crippen LogP contribution in [0.4, 0.5) is 35.9 Å². The van der Waals surface area contributed by atoms with Gasteiger partial charge in [-0.2, -0.15) is 13.2 Å². The van der Waals surface area contributed by atoms with Crippen molar-refractivity contribution in [2.45, 2.75) is 25.9 Å². The van der Waals surface area contributed by atoms with Gasteiger partial charge in [0.15, 0.2) is 0 Å². The molecule has 0 radical (unpaired) electrons. The SMILES string of the molecule is CCN1c2ccccc2Nc2c(OCCCC(=O)O)cccc21.O=C(O)C(F)(F)F. The Morgan fingerprint density at radius 2 is 1.70 bits per heavy atom. The molecule has 2 aromatic carbocycles. The van der Waals surface area contributed by atoms with Crippen LogP contribution in [0, 0.1) is 0 Å². The second-order valence-electron chi connectivity index (χ2n) is 6.19. The van der Waals surface area contributed by atoms with Crippen molar-refractivity contribution in [3.63, 3.8) is 0 Å². The van der Waals surface area contributed by atoms with E-state index < -0.39 is 18.1 Å². The molecule has 1 heterocycles. The molecule has 0 saturated carbocycles. The van der Waals surface area contributed by atoms with Gasteiger partial charge in [-0.05, 0) is 37.6 Å². The summed E-state index contributed by atoms with van der Waals surface area (Å²) in [6.07, 6.45) is -4.47. The lowest BCUT2D eigenvalue weighted by atomic mass is 10.1. The van der Waals surface area contributed by atoms with Gasteiger partial charge >= 0.3 is 18.1 Å². The molecule has 0 bridgehead atoms. The second kappa shape index (κ2) is 9.86. The zero-order chi connectivity index (χ0) is 22.3. The predicted octanol–water partition coefficient (Wildman–Crippen LogP) is 4.78. The highest BCUT2D eigenvalue weighted by Gasteiger charge is 2.38. The van der Waals surface area contributed by atoms with Crippen LogP contribution in [0.5, 0.6) is 5.75 Å². The van der Waals surface area contributed by atoms with E-state index in [0.717, 1.165) is 35.0 Å². The van der Waals surface area contributed by atoms with Crippen LogP contribution in [0.1, 0.15) is 19.8 Å². The Hall–Kier alpha value is -3.43. The number of rotatable bonds is 6. The highest BCUT2D eigenvalue weighted by Crippen LogP contribution is 2.47. The number of aliphatic carboxylic acids is 2. The maximum atomic E-state index is 10.6. The minimum Gasteiger partial charge on any atom is -0.491 e. The average Bonchev–Trinajstić information content (AvgIpc) is 2.69. The number of fused-ring (bicyclic) bond motifs is 2. The molecular weight excluding hydrogens is 405 g/mol. The smallest absolute Gasteiger partial charge is 0.490 e. The number of halogens is 3.